The molecule has 1 aromatic rings. The van der Waals surface area contributed by atoms with Crippen LogP contribution in [-0.4, -0.2) is 36.3 Å². The highest BCUT2D eigenvalue weighted by molar-refractivity contribution is 5.94. The Morgan fingerprint density at radius 3 is 2.60 bits per heavy atom. The number of carbonyl (C=O) groups is 2. The number of anilines is 1. The molecule has 3 N–H and O–H groups in total. The zero-order valence-corrected chi connectivity index (χ0v) is 11.7. The molecular formula is C15H21N3O2. The molecule has 1 saturated carbocycles. The second-order valence-electron chi connectivity index (χ2n) is 5.38. The largest absolute Gasteiger partial charge is 0.336 e. The van der Waals surface area contributed by atoms with Gasteiger partial charge < -0.3 is 16.0 Å². The van der Waals surface area contributed by atoms with Gasteiger partial charge in [-0.3, -0.25) is 9.59 Å². The van der Waals surface area contributed by atoms with Crippen LogP contribution in [0.1, 0.15) is 19.3 Å². The van der Waals surface area contributed by atoms with Crippen LogP contribution in [0.25, 0.3) is 0 Å². The predicted molar refractivity (Wildman–Crippen MR) is 78.0 cm³/mol. The number of hydrogen-bond donors (Lipinski definition) is 2. The summed E-state index contributed by atoms with van der Waals surface area (Å²) < 4.78 is 0. The monoisotopic (exact) mass is 275 g/mol. The number of nitrogens with two attached hydrogens (primary N) is 1. The van der Waals surface area contributed by atoms with Gasteiger partial charge in [-0.1, -0.05) is 18.2 Å². The van der Waals surface area contributed by atoms with Gasteiger partial charge in [-0.25, -0.2) is 0 Å². The van der Waals surface area contributed by atoms with Gasteiger partial charge in [0, 0.05) is 24.7 Å². The topological polar surface area (TPSA) is 75.4 Å². The third-order valence-corrected chi connectivity index (χ3v) is 3.64. The fourth-order valence-electron chi connectivity index (χ4n) is 2.57. The van der Waals surface area contributed by atoms with Crippen LogP contribution >= 0.6 is 0 Å². The first-order valence-electron chi connectivity index (χ1n) is 6.91. The summed E-state index contributed by atoms with van der Waals surface area (Å²) in [4.78, 5) is 25.5. The lowest BCUT2D eigenvalue weighted by atomic mass is 10.1. The van der Waals surface area contributed by atoms with Crippen molar-refractivity contribution in [3.8, 4) is 0 Å². The van der Waals surface area contributed by atoms with E-state index in [1.807, 2.05) is 30.3 Å². The molecule has 2 atom stereocenters. The third-order valence-electron chi connectivity index (χ3n) is 3.64. The molecule has 0 aliphatic heterocycles. The van der Waals surface area contributed by atoms with E-state index in [0.29, 0.717) is 0 Å². The predicted octanol–water partition coefficient (Wildman–Crippen LogP) is 1.21. The number of amides is 2. The van der Waals surface area contributed by atoms with Crippen molar-refractivity contribution >= 4 is 17.5 Å². The average molecular weight is 275 g/mol. The Hall–Kier alpha value is -1.88. The fraction of sp³-hybridized carbons (Fsp3) is 0.467. The molecular weight excluding hydrogens is 254 g/mol. The van der Waals surface area contributed by atoms with Crippen LogP contribution in [0.15, 0.2) is 30.3 Å². The van der Waals surface area contributed by atoms with Crippen LogP contribution < -0.4 is 11.1 Å². The maximum Gasteiger partial charge on any atom is 0.243 e. The molecule has 0 heterocycles. The van der Waals surface area contributed by atoms with Crippen molar-refractivity contribution in [3.63, 3.8) is 0 Å². The van der Waals surface area contributed by atoms with E-state index in [2.05, 4.69) is 5.32 Å². The summed E-state index contributed by atoms with van der Waals surface area (Å²) in [5.74, 6) is -0.199. The van der Waals surface area contributed by atoms with Crippen molar-refractivity contribution in [1.29, 1.82) is 0 Å². The first-order chi connectivity index (χ1) is 9.56. The molecule has 0 bridgehead atoms. The quantitative estimate of drug-likeness (QED) is 0.867. The lowest BCUT2D eigenvalue weighted by Crippen LogP contribution is -2.38. The standard InChI is InChI=1S/C15H21N3O2/c1-18(15(20)11-7-8-12(16)9-11)10-14(19)17-13-5-3-2-4-6-13/h2-6,11-12H,7-10,16H2,1H3,(H,17,19). The number of rotatable bonds is 4. The molecule has 1 aliphatic carbocycles. The highest BCUT2D eigenvalue weighted by Crippen LogP contribution is 2.25. The van der Waals surface area contributed by atoms with E-state index in [9.17, 15) is 9.59 Å². The number of nitrogens with zero attached hydrogens (tertiary/aromatic N) is 1. The number of likely N-dealkylation sites (N-methyl/N-ethyl adjacent to an activating group) is 1. The van der Waals surface area contributed by atoms with Crippen LogP contribution in [0.2, 0.25) is 0 Å². The summed E-state index contributed by atoms with van der Waals surface area (Å²) in [5, 5.41) is 2.77. The normalized spacial score (nSPS) is 21.5. The van der Waals surface area contributed by atoms with E-state index in [1.54, 1.807) is 7.05 Å². The Morgan fingerprint density at radius 2 is 2.00 bits per heavy atom. The zero-order chi connectivity index (χ0) is 14.5. The van der Waals surface area contributed by atoms with Crippen LogP contribution in [0.5, 0.6) is 0 Å². The van der Waals surface area contributed by atoms with Gasteiger partial charge >= 0.3 is 0 Å². The summed E-state index contributed by atoms with van der Waals surface area (Å²) in [6.45, 7) is 0.0689. The second-order valence-corrected chi connectivity index (χ2v) is 5.38. The first-order valence-corrected chi connectivity index (χ1v) is 6.91. The first kappa shape index (κ1) is 14.5. The van der Waals surface area contributed by atoms with Crippen molar-refractivity contribution in [3.05, 3.63) is 30.3 Å². The Bertz CT molecular complexity index is 475. The minimum absolute atomic E-state index is 0.0150. The Labute approximate surface area is 119 Å². The van der Waals surface area contributed by atoms with Crippen LogP contribution in [0.4, 0.5) is 5.69 Å². The van der Waals surface area contributed by atoms with Gasteiger partial charge in [0.2, 0.25) is 11.8 Å². The lowest BCUT2D eigenvalue weighted by Gasteiger charge is -2.20. The van der Waals surface area contributed by atoms with Crippen molar-refractivity contribution in [2.75, 3.05) is 18.9 Å². The van der Waals surface area contributed by atoms with E-state index in [0.717, 1.165) is 24.9 Å². The lowest BCUT2D eigenvalue weighted by molar-refractivity contribution is -0.136. The SMILES string of the molecule is CN(CC(=O)Nc1ccccc1)C(=O)C1CCC(N)C1. The molecule has 2 unspecified atom stereocenters. The van der Waals surface area contributed by atoms with Crippen LogP contribution in [0, 0.1) is 5.92 Å². The highest BCUT2D eigenvalue weighted by Gasteiger charge is 2.30. The van der Waals surface area contributed by atoms with E-state index in [-0.39, 0.29) is 30.3 Å². The Morgan fingerprint density at radius 1 is 1.30 bits per heavy atom. The smallest absolute Gasteiger partial charge is 0.243 e. The zero-order valence-electron chi connectivity index (χ0n) is 11.7. The molecule has 5 heteroatoms. The number of hydrogen-bond acceptors (Lipinski definition) is 3. The van der Waals surface area contributed by atoms with Gasteiger partial charge in [-0.2, -0.15) is 0 Å². The molecule has 2 amide bonds. The molecule has 5 nitrogen and oxygen atoms in total. The summed E-state index contributed by atoms with van der Waals surface area (Å²) in [6, 6.07) is 9.34. The Kier molecular flexibility index (Phi) is 4.74. The summed E-state index contributed by atoms with van der Waals surface area (Å²) in [5.41, 5.74) is 6.55. The average Bonchev–Trinajstić information content (AvgIpc) is 2.85. The molecule has 0 saturated heterocycles. The molecule has 0 spiro atoms. The number of benzene rings is 1. The van der Waals surface area contributed by atoms with Crippen molar-refractivity contribution in [2.45, 2.75) is 25.3 Å². The number of para-hydroxylation sites is 1. The molecule has 0 radical (unpaired) electrons. The minimum atomic E-state index is -0.186. The molecule has 20 heavy (non-hydrogen) atoms. The minimum Gasteiger partial charge on any atom is -0.336 e. The summed E-state index contributed by atoms with van der Waals surface area (Å²) in [7, 11) is 1.66. The van der Waals surface area contributed by atoms with Crippen molar-refractivity contribution < 1.29 is 9.59 Å². The van der Waals surface area contributed by atoms with Crippen molar-refractivity contribution in [1.82, 2.24) is 4.90 Å². The molecule has 1 fully saturated rings. The molecule has 108 valence electrons. The van der Waals surface area contributed by atoms with Crippen LogP contribution in [-0.2, 0) is 9.59 Å². The van der Waals surface area contributed by atoms with Crippen molar-refractivity contribution in [2.24, 2.45) is 11.7 Å². The van der Waals surface area contributed by atoms with Gasteiger partial charge in [0.05, 0.1) is 6.54 Å². The summed E-state index contributed by atoms with van der Waals surface area (Å²) in [6.07, 6.45) is 2.44. The van der Waals surface area contributed by atoms with Crippen LogP contribution in [0.3, 0.4) is 0 Å². The molecule has 2 rings (SSSR count). The molecule has 0 aromatic heterocycles. The highest BCUT2D eigenvalue weighted by atomic mass is 16.2. The van der Waals surface area contributed by atoms with E-state index < -0.39 is 0 Å². The van der Waals surface area contributed by atoms with E-state index in [4.69, 9.17) is 5.73 Å². The van der Waals surface area contributed by atoms with Gasteiger partial charge in [0.1, 0.15) is 0 Å². The maximum absolute atomic E-state index is 12.2. The van der Waals surface area contributed by atoms with Gasteiger partial charge in [-0.15, -0.1) is 0 Å². The van der Waals surface area contributed by atoms with E-state index in [1.165, 1.54) is 4.90 Å². The Balaban J connectivity index is 1.83. The fourth-order valence-corrected chi connectivity index (χ4v) is 2.57. The maximum atomic E-state index is 12.2. The molecule has 1 aromatic carbocycles. The van der Waals surface area contributed by atoms with Gasteiger partial charge in [-0.05, 0) is 31.4 Å². The van der Waals surface area contributed by atoms with Gasteiger partial charge in [0.25, 0.3) is 0 Å². The third kappa shape index (κ3) is 3.81. The number of carbonyl (C=O) groups excluding carboxylic acids is 2. The molecule has 1 aliphatic rings. The van der Waals surface area contributed by atoms with E-state index >= 15 is 0 Å². The number of nitrogens with one attached hydrogen (secondary N) is 1. The second kappa shape index (κ2) is 6.52. The van der Waals surface area contributed by atoms with Gasteiger partial charge in [0.15, 0.2) is 0 Å². The summed E-state index contributed by atoms with van der Waals surface area (Å²) >= 11 is 0.